The zero-order valence-corrected chi connectivity index (χ0v) is 12.7. The van der Waals surface area contributed by atoms with Gasteiger partial charge in [0.2, 0.25) is 0 Å². The molecule has 1 aliphatic heterocycles. The van der Waals surface area contributed by atoms with Crippen LogP contribution in [0.2, 0.25) is 0 Å². The van der Waals surface area contributed by atoms with Crippen molar-refractivity contribution in [3.05, 3.63) is 23.8 Å². The van der Waals surface area contributed by atoms with Gasteiger partial charge in [-0.1, -0.05) is 6.07 Å². The van der Waals surface area contributed by atoms with E-state index in [-0.39, 0.29) is 0 Å². The van der Waals surface area contributed by atoms with Crippen molar-refractivity contribution < 1.29 is 9.47 Å². The van der Waals surface area contributed by atoms with Gasteiger partial charge in [0.25, 0.3) is 0 Å². The minimum Gasteiger partial charge on any atom is -0.493 e. The molecule has 112 valence electrons. The van der Waals surface area contributed by atoms with E-state index in [9.17, 15) is 0 Å². The molecule has 1 aromatic rings. The molecule has 0 aromatic heterocycles. The number of nitrogens with zero attached hydrogens (tertiary/aromatic N) is 2. The van der Waals surface area contributed by atoms with Crippen LogP contribution in [0.4, 0.5) is 0 Å². The Morgan fingerprint density at radius 3 is 2.55 bits per heavy atom. The fourth-order valence-electron chi connectivity index (χ4n) is 2.26. The van der Waals surface area contributed by atoms with Crippen LogP contribution in [0.1, 0.15) is 12.5 Å². The first-order valence-electron chi connectivity index (χ1n) is 7.19. The molecule has 1 fully saturated rings. The molecule has 0 amide bonds. The molecular formula is C15H25N3O2. The molecule has 5 nitrogen and oxygen atoms in total. The molecule has 1 heterocycles. The second kappa shape index (κ2) is 7.47. The summed E-state index contributed by atoms with van der Waals surface area (Å²) in [5, 5.41) is 2.28. The van der Waals surface area contributed by atoms with Crippen LogP contribution in [0.25, 0.3) is 0 Å². The Hall–Kier alpha value is -1.30. The molecule has 1 N–H and O–H groups in total. The maximum absolute atomic E-state index is 5.53. The van der Waals surface area contributed by atoms with E-state index in [0.29, 0.717) is 6.61 Å². The lowest BCUT2D eigenvalue weighted by molar-refractivity contribution is 0.102. The second-order valence-corrected chi connectivity index (χ2v) is 5.04. The topological polar surface area (TPSA) is 37.0 Å². The van der Waals surface area contributed by atoms with Crippen molar-refractivity contribution in [2.24, 2.45) is 0 Å². The van der Waals surface area contributed by atoms with Crippen molar-refractivity contribution in [1.29, 1.82) is 0 Å². The molecule has 0 unspecified atom stereocenters. The Bertz CT molecular complexity index is 418. The number of ether oxygens (including phenoxy) is 2. The van der Waals surface area contributed by atoms with Gasteiger partial charge in [0.05, 0.1) is 13.7 Å². The molecular weight excluding hydrogens is 254 g/mol. The highest BCUT2D eigenvalue weighted by atomic mass is 16.5. The highest BCUT2D eigenvalue weighted by Gasteiger charge is 2.13. The number of piperazine rings is 1. The van der Waals surface area contributed by atoms with Crippen LogP contribution in [-0.2, 0) is 6.54 Å². The van der Waals surface area contributed by atoms with Crippen LogP contribution >= 0.6 is 0 Å². The number of likely N-dealkylation sites (N-methyl/N-ethyl adjacent to an activating group) is 1. The van der Waals surface area contributed by atoms with E-state index in [4.69, 9.17) is 9.47 Å². The molecule has 0 saturated carbocycles. The largest absolute Gasteiger partial charge is 0.493 e. The number of nitrogens with one attached hydrogen (secondary N) is 1. The van der Waals surface area contributed by atoms with Gasteiger partial charge in [-0.05, 0) is 31.7 Å². The molecule has 0 spiro atoms. The second-order valence-electron chi connectivity index (χ2n) is 5.04. The highest BCUT2D eigenvalue weighted by molar-refractivity contribution is 5.42. The van der Waals surface area contributed by atoms with E-state index in [1.807, 2.05) is 19.1 Å². The monoisotopic (exact) mass is 279 g/mol. The van der Waals surface area contributed by atoms with Gasteiger partial charge in [0.1, 0.15) is 0 Å². The maximum atomic E-state index is 5.53. The van der Waals surface area contributed by atoms with Crippen molar-refractivity contribution in [2.45, 2.75) is 13.5 Å². The first-order chi connectivity index (χ1) is 9.72. The van der Waals surface area contributed by atoms with Gasteiger partial charge in [-0.25, -0.2) is 5.01 Å². The van der Waals surface area contributed by atoms with Crippen LogP contribution in [-0.4, -0.2) is 56.9 Å². The molecule has 0 bridgehead atoms. The lowest BCUT2D eigenvalue weighted by atomic mass is 10.2. The normalized spacial score (nSPS) is 17.1. The van der Waals surface area contributed by atoms with Gasteiger partial charge < -0.3 is 14.4 Å². The number of methoxy groups -OCH3 is 1. The van der Waals surface area contributed by atoms with Crippen LogP contribution in [0.3, 0.4) is 0 Å². The zero-order valence-electron chi connectivity index (χ0n) is 12.7. The van der Waals surface area contributed by atoms with Gasteiger partial charge in [-0.2, -0.15) is 0 Å². The van der Waals surface area contributed by atoms with Crippen molar-refractivity contribution in [1.82, 2.24) is 15.3 Å². The first-order valence-corrected chi connectivity index (χ1v) is 7.19. The van der Waals surface area contributed by atoms with Crippen molar-refractivity contribution in [3.8, 4) is 11.5 Å². The molecule has 0 atom stereocenters. The summed E-state index contributed by atoms with van der Waals surface area (Å²) in [6.07, 6.45) is 0. The van der Waals surface area contributed by atoms with E-state index in [1.54, 1.807) is 7.11 Å². The molecule has 1 saturated heterocycles. The minimum atomic E-state index is 0.648. The fraction of sp³-hybridized carbons (Fsp3) is 0.600. The Morgan fingerprint density at radius 2 is 1.90 bits per heavy atom. The van der Waals surface area contributed by atoms with E-state index in [1.165, 1.54) is 5.56 Å². The summed E-state index contributed by atoms with van der Waals surface area (Å²) in [6, 6.07) is 6.09. The number of benzene rings is 1. The Morgan fingerprint density at radius 1 is 1.15 bits per heavy atom. The lowest BCUT2D eigenvalue weighted by Crippen LogP contribution is -2.50. The molecule has 0 aliphatic carbocycles. The van der Waals surface area contributed by atoms with Gasteiger partial charge >= 0.3 is 0 Å². The Balaban J connectivity index is 1.89. The average Bonchev–Trinajstić information content (AvgIpc) is 2.48. The standard InChI is InChI=1S/C15H25N3O2/c1-4-20-14-6-5-13(11-15(14)19-3)12-16-18-9-7-17(2)8-10-18/h5-6,11,16H,4,7-10,12H2,1-3H3. The van der Waals surface area contributed by atoms with Crippen molar-refractivity contribution >= 4 is 0 Å². The highest BCUT2D eigenvalue weighted by Crippen LogP contribution is 2.27. The lowest BCUT2D eigenvalue weighted by Gasteiger charge is -2.32. The Kier molecular flexibility index (Phi) is 5.64. The van der Waals surface area contributed by atoms with Gasteiger partial charge in [0, 0.05) is 32.7 Å². The smallest absolute Gasteiger partial charge is 0.161 e. The molecule has 20 heavy (non-hydrogen) atoms. The summed E-state index contributed by atoms with van der Waals surface area (Å²) in [5.41, 5.74) is 4.67. The molecule has 2 rings (SSSR count). The third-order valence-electron chi connectivity index (χ3n) is 3.54. The van der Waals surface area contributed by atoms with E-state index < -0.39 is 0 Å². The SMILES string of the molecule is CCOc1ccc(CNN2CCN(C)CC2)cc1OC. The quantitative estimate of drug-likeness (QED) is 0.850. The maximum Gasteiger partial charge on any atom is 0.161 e. The van der Waals surface area contributed by atoms with E-state index in [0.717, 1.165) is 44.2 Å². The molecule has 1 aliphatic rings. The first kappa shape index (κ1) is 15.1. The van der Waals surface area contributed by atoms with Gasteiger partial charge in [-0.3, -0.25) is 5.43 Å². The molecule has 5 heteroatoms. The zero-order chi connectivity index (χ0) is 14.4. The summed E-state index contributed by atoms with van der Waals surface area (Å²) in [7, 11) is 3.84. The van der Waals surface area contributed by atoms with Gasteiger partial charge in [-0.15, -0.1) is 0 Å². The third-order valence-corrected chi connectivity index (χ3v) is 3.54. The summed E-state index contributed by atoms with van der Waals surface area (Å²) in [5.74, 6) is 1.60. The summed E-state index contributed by atoms with van der Waals surface area (Å²) >= 11 is 0. The van der Waals surface area contributed by atoms with Gasteiger partial charge in [0.15, 0.2) is 11.5 Å². The van der Waals surface area contributed by atoms with Crippen LogP contribution in [0.5, 0.6) is 11.5 Å². The molecule has 0 radical (unpaired) electrons. The van der Waals surface area contributed by atoms with Crippen LogP contribution in [0.15, 0.2) is 18.2 Å². The number of rotatable bonds is 6. The third kappa shape index (κ3) is 4.10. The fourth-order valence-corrected chi connectivity index (χ4v) is 2.26. The van der Waals surface area contributed by atoms with Crippen molar-refractivity contribution in [3.63, 3.8) is 0 Å². The summed E-state index contributed by atoms with van der Waals surface area (Å²) in [4.78, 5) is 2.35. The van der Waals surface area contributed by atoms with Crippen LogP contribution < -0.4 is 14.9 Å². The van der Waals surface area contributed by atoms with E-state index in [2.05, 4.69) is 28.4 Å². The Labute approximate surface area is 121 Å². The van der Waals surface area contributed by atoms with E-state index >= 15 is 0 Å². The summed E-state index contributed by atoms with van der Waals surface area (Å²) in [6.45, 7) is 7.78. The predicted molar refractivity (Wildman–Crippen MR) is 80.1 cm³/mol. The van der Waals surface area contributed by atoms with Crippen molar-refractivity contribution in [2.75, 3.05) is 46.9 Å². The van der Waals surface area contributed by atoms with Crippen LogP contribution in [0, 0.1) is 0 Å². The number of hydrogen-bond donors (Lipinski definition) is 1. The summed E-state index contributed by atoms with van der Waals surface area (Å²) < 4.78 is 10.9. The number of hydrazine groups is 1. The number of hydrogen-bond acceptors (Lipinski definition) is 5. The minimum absolute atomic E-state index is 0.648. The predicted octanol–water partition coefficient (Wildman–Crippen LogP) is 1.35. The molecule has 1 aromatic carbocycles. The average molecular weight is 279 g/mol.